The lowest BCUT2D eigenvalue weighted by molar-refractivity contribution is 0.125. The van der Waals surface area contributed by atoms with Gasteiger partial charge in [0, 0.05) is 38.8 Å². The van der Waals surface area contributed by atoms with Gasteiger partial charge >= 0.3 is 0 Å². The third-order valence-corrected chi connectivity index (χ3v) is 8.20. The van der Waals surface area contributed by atoms with Crippen molar-refractivity contribution in [3.8, 4) is 0 Å². The summed E-state index contributed by atoms with van der Waals surface area (Å²) >= 11 is 0. The molecular formula is C29H41N3. The molecule has 3 nitrogen and oxygen atoms in total. The topological polar surface area (TPSA) is 9.72 Å². The molecule has 0 amide bonds. The molecular weight excluding hydrogens is 390 g/mol. The zero-order chi connectivity index (χ0) is 21.8. The normalized spacial score (nSPS) is 26.6. The molecule has 0 bridgehead atoms. The van der Waals surface area contributed by atoms with Crippen LogP contribution in [-0.2, 0) is 13.1 Å². The maximum atomic E-state index is 2.78. The number of rotatable bonds is 9. The van der Waals surface area contributed by atoms with Gasteiger partial charge in [0.15, 0.2) is 0 Å². The second-order valence-corrected chi connectivity index (χ2v) is 10.5. The van der Waals surface area contributed by atoms with Crippen LogP contribution in [0.3, 0.4) is 0 Å². The molecule has 1 aliphatic carbocycles. The van der Waals surface area contributed by atoms with Crippen LogP contribution in [-0.4, -0.2) is 60.0 Å². The first-order chi connectivity index (χ1) is 15.8. The Kier molecular flexibility index (Phi) is 7.26. The van der Waals surface area contributed by atoms with E-state index < -0.39 is 0 Å². The molecule has 2 aromatic rings. The zero-order valence-electron chi connectivity index (χ0n) is 20.0. The number of benzene rings is 2. The van der Waals surface area contributed by atoms with E-state index >= 15 is 0 Å². The fourth-order valence-electron chi connectivity index (χ4n) is 6.21. The minimum Gasteiger partial charge on any atom is -0.299 e. The van der Waals surface area contributed by atoms with Gasteiger partial charge in [0.1, 0.15) is 0 Å². The van der Waals surface area contributed by atoms with Crippen molar-refractivity contribution >= 4 is 0 Å². The van der Waals surface area contributed by atoms with E-state index in [-0.39, 0.29) is 0 Å². The van der Waals surface area contributed by atoms with E-state index in [0.29, 0.717) is 0 Å². The molecule has 0 spiro atoms. The lowest BCUT2D eigenvalue weighted by Crippen LogP contribution is -2.43. The molecule has 1 atom stereocenters. The van der Waals surface area contributed by atoms with Gasteiger partial charge in [-0.2, -0.15) is 0 Å². The van der Waals surface area contributed by atoms with Crippen molar-refractivity contribution in [3.63, 3.8) is 0 Å². The minimum atomic E-state index is 0.743. The predicted molar refractivity (Wildman–Crippen MR) is 134 cm³/mol. The van der Waals surface area contributed by atoms with E-state index in [9.17, 15) is 0 Å². The zero-order valence-corrected chi connectivity index (χ0v) is 20.0. The Morgan fingerprint density at radius 1 is 0.812 bits per heavy atom. The smallest absolute Gasteiger partial charge is 0.0235 e. The van der Waals surface area contributed by atoms with Crippen LogP contribution in [0.2, 0.25) is 0 Å². The van der Waals surface area contributed by atoms with Crippen LogP contribution in [0.15, 0.2) is 54.6 Å². The molecule has 0 radical (unpaired) electrons. The van der Waals surface area contributed by atoms with Gasteiger partial charge in [-0.15, -0.1) is 0 Å². The fraction of sp³-hybridized carbons (Fsp3) is 0.586. The van der Waals surface area contributed by atoms with E-state index in [2.05, 4.69) is 76.2 Å². The Morgan fingerprint density at radius 2 is 1.50 bits per heavy atom. The van der Waals surface area contributed by atoms with E-state index in [1.165, 1.54) is 82.5 Å². The van der Waals surface area contributed by atoms with Crippen molar-refractivity contribution in [1.82, 2.24) is 14.7 Å². The molecule has 32 heavy (non-hydrogen) atoms. The highest BCUT2D eigenvalue weighted by Gasteiger charge is 2.34. The molecule has 2 saturated heterocycles. The van der Waals surface area contributed by atoms with Crippen molar-refractivity contribution in [1.29, 1.82) is 0 Å². The van der Waals surface area contributed by atoms with Gasteiger partial charge < -0.3 is 0 Å². The summed E-state index contributed by atoms with van der Waals surface area (Å²) in [5, 5.41) is 0. The number of hydrogen-bond donors (Lipinski definition) is 0. The molecule has 2 aliphatic heterocycles. The largest absolute Gasteiger partial charge is 0.299 e. The lowest BCUT2D eigenvalue weighted by atomic mass is 9.71. The summed E-state index contributed by atoms with van der Waals surface area (Å²) in [6, 6.07) is 21.3. The molecule has 1 saturated carbocycles. The van der Waals surface area contributed by atoms with E-state index in [1.807, 2.05) is 0 Å². The Labute approximate surface area is 195 Å². The Bertz CT molecular complexity index is 821. The van der Waals surface area contributed by atoms with Gasteiger partial charge in [-0.1, -0.05) is 61.5 Å². The standard InChI is InChI=1S/C29H41N3/c1-2-32(29-14-17-31(23-29)21-24-8-4-3-5-9-24)22-26-18-28(19-26)27-12-10-25(11-13-27)20-30-15-6-7-16-30/h3-5,8-13,26,28-29H,2,6-7,14-23H2,1H3/t26?,28?,29-/m0/s1. The van der Waals surface area contributed by atoms with E-state index in [0.717, 1.165) is 31.0 Å². The molecule has 5 rings (SSSR count). The monoisotopic (exact) mass is 431 g/mol. The summed E-state index contributed by atoms with van der Waals surface area (Å²) in [5.41, 5.74) is 4.51. The summed E-state index contributed by atoms with van der Waals surface area (Å²) in [6.07, 6.45) is 6.84. The average molecular weight is 432 g/mol. The third-order valence-electron chi connectivity index (χ3n) is 8.20. The Balaban J connectivity index is 1.06. The van der Waals surface area contributed by atoms with Gasteiger partial charge in [0.25, 0.3) is 0 Å². The summed E-state index contributed by atoms with van der Waals surface area (Å²) in [7, 11) is 0. The van der Waals surface area contributed by atoms with Crippen LogP contribution in [0.1, 0.15) is 61.6 Å². The first-order valence-corrected chi connectivity index (χ1v) is 13.1. The quantitative estimate of drug-likeness (QED) is 0.528. The average Bonchev–Trinajstić information content (AvgIpc) is 3.47. The van der Waals surface area contributed by atoms with Crippen LogP contribution in [0.25, 0.3) is 0 Å². The molecule has 172 valence electrons. The predicted octanol–water partition coefficient (Wildman–Crippen LogP) is 5.37. The van der Waals surface area contributed by atoms with Gasteiger partial charge in [-0.25, -0.2) is 0 Å². The van der Waals surface area contributed by atoms with Crippen LogP contribution in [0.5, 0.6) is 0 Å². The highest BCUT2D eigenvalue weighted by atomic mass is 15.2. The second kappa shape index (κ2) is 10.5. The molecule has 2 heterocycles. The van der Waals surface area contributed by atoms with E-state index in [4.69, 9.17) is 0 Å². The highest BCUT2D eigenvalue weighted by molar-refractivity contribution is 5.27. The first-order valence-electron chi connectivity index (χ1n) is 13.1. The van der Waals surface area contributed by atoms with Crippen LogP contribution < -0.4 is 0 Å². The van der Waals surface area contributed by atoms with Gasteiger partial charge in [0.05, 0.1) is 0 Å². The number of nitrogens with zero attached hydrogens (tertiary/aromatic N) is 3. The maximum absolute atomic E-state index is 2.78. The summed E-state index contributed by atoms with van der Waals surface area (Å²) in [4.78, 5) is 8.03. The van der Waals surface area contributed by atoms with Gasteiger partial charge in [0.2, 0.25) is 0 Å². The second-order valence-electron chi connectivity index (χ2n) is 10.5. The SMILES string of the molecule is CCN(CC1CC(c2ccc(CN3CCCC3)cc2)C1)[C@H]1CCN(Cc2ccccc2)C1. The van der Waals surface area contributed by atoms with Gasteiger partial charge in [-0.05, 0) is 80.3 Å². The van der Waals surface area contributed by atoms with Crippen molar-refractivity contribution in [3.05, 3.63) is 71.3 Å². The Hall–Kier alpha value is -1.68. The van der Waals surface area contributed by atoms with Crippen molar-refractivity contribution in [2.75, 3.05) is 39.3 Å². The van der Waals surface area contributed by atoms with Crippen molar-refractivity contribution < 1.29 is 0 Å². The summed E-state index contributed by atoms with van der Waals surface area (Å²) in [6.45, 7) is 12.1. The molecule has 3 fully saturated rings. The summed E-state index contributed by atoms with van der Waals surface area (Å²) < 4.78 is 0. The number of likely N-dealkylation sites (tertiary alicyclic amines) is 2. The molecule has 0 aromatic heterocycles. The van der Waals surface area contributed by atoms with Crippen LogP contribution in [0, 0.1) is 5.92 Å². The lowest BCUT2D eigenvalue weighted by Gasteiger charge is -2.40. The minimum absolute atomic E-state index is 0.743. The molecule has 3 aliphatic rings. The Morgan fingerprint density at radius 3 is 2.22 bits per heavy atom. The summed E-state index contributed by atoms with van der Waals surface area (Å²) in [5.74, 6) is 1.67. The van der Waals surface area contributed by atoms with Crippen LogP contribution in [0.4, 0.5) is 0 Å². The number of likely N-dealkylation sites (N-methyl/N-ethyl adjacent to an activating group) is 1. The van der Waals surface area contributed by atoms with E-state index in [1.54, 1.807) is 5.56 Å². The first kappa shape index (κ1) is 22.1. The van der Waals surface area contributed by atoms with Crippen molar-refractivity contribution in [2.24, 2.45) is 5.92 Å². The van der Waals surface area contributed by atoms with Crippen molar-refractivity contribution in [2.45, 2.75) is 64.1 Å². The number of hydrogen-bond acceptors (Lipinski definition) is 3. The molecule has 2 aromatic carbocycles. The fourth-order valence-corrected chi connectivity index (χ4v) is 6.21. The molecule has 3 heteroatoms. The molecule has 0 N–H and O–H groups in total. The third kappa shape index (κ3) is 5.44. The highest BCUT2D eigenvalue weighted by Crippen LogP contribution is 2.42. The molecule has 0 unspecified atom stereocenters. The van der Waals surface area contributed by atoms with Gasteiger partial charge in [-0.3, -0.25) is 14.7 Å². The maximum Gasteiger partial charge on any atom is 0.0235 e. The van der Waals surface area contributed by atoms with Crippen LogP contribution >= 0.6 is 0 Å².